The van der Waals surface area contributed by atoms with Crippen LogP contribution >= 0.6 is 0 Å². The zero-order chi connectivity index (χ0) is 57.8. The van der Waals surface area contributed by atoms with Gasteiger partial charge in [-0.1, -0.05) is 332 Å². The fourth-order valence-electron chi connectivity index (χ4n) is 10.5. The van der Waals surface area contributed by atoms with E-state index in [4.69, 9.17) is 14.2 Å². The van der Waals surface area contributed by atoms with Crippen LogP contribution in [0.15, 0.2) is 60.8 Å². The highest BCUT2D eigenvalue weighted by Crippen LogP contribution is 2.18. The minimum atomic E-state index is -0.772. The third-order valence-corrected chi connectivity index (χ3v) is 15.8. The van der Waals surface area contributed by atoms with E-state index < -0.39 is 6.10 Å². The van der Waals surface area contributed by atoms with Gasteiger partial charge in [-0.15, -0.1) is 0 Å². The largest absolute Gasteiger partial charge is 0.462 e. The van der Waals surface area contributed by atoms with Crippen LogP contribution in [0.1, 0.15) is 374 Å². The first-order chi connectivity index (χ1) is 39.5. The summed E-state index contributed by atoms with van der Waals surface area (Å²) in [5.41, 5.74) is 0. The number of esters is 3. The summed E-state index contributed by atoms with van der Waals surface area (Å²) in [6.45, 7) is 6.57. The summed E-state index contributed by atoms with van der Waals surface area (Å²) >= 11 is 0. The van der Waals surface area contributed by atoms with Crippen molar-refractivity contribution in [2.24, 2.45) is 0 Å². The van der Waals surface area contributed by atoms with Crippen molar-refractivity contribution in [3.05, 3.63) is 60.8 Å². The fourth-order valence-corrected chi connectivity index (χ4v) is 10.5. The van der Waals surface area contributed by atoms with Crippen LogP contribution < -0.4 is 0 Å². The molecule has 0 radical (unpaired) electrons. The lowest BCUT2D eigenvalue weighted by molar-refractivity contribution is -0.167. The van der Waals surface area contributed by atoms with Gasteiger partial charge in [0.1, 0.15) is 13.2 Å². The Morgan fingerprint density at radius 2 is 0.487 bits per heavy atom. The van der Waals surface area contributed by atoms with E-state index in [9.17, 15) is 14.4 Å². The molecule has 6 nitrogen and oxygen atoms in total. The standard InChI is InChI=1S/C74H134O6/c1-4-7-10-13-16-19-22-25-27-29-30-31-32-33-34-35-36-37-38-39-40-41-42-43-44-46-47-49-52-55-58-61-64-67-73(76)79-70-71(69-78-72(75)66-63-60-57-54-51-24-21-18-15-12-9-6-3)80-74(77)68-65-62-59-56-53-50-48-45-28-26-23-20-17-14-11-8-5-2/h7,10,16,19,25-28,30-31,71H,4-6,8-9,11-15,17-18,20-24,29,32-70H2,1-3H3/b10-7-,19-16-,27-25-,28-26-,31-30-. The Hall–Kier alpha value is -2.89. The van der Waals surface area contributed by atoms with Crippen molar-refractivity contribution in [2.45, 2.75) is 380 Å². The Balaban J connectivity index is 4.11. The van der Waals surface area contributed by atoms with Crippen LogP contribution in [-0.4, -0.2) is 37.2 Å². The predicted molar refractivity (Wildman–Crippen MR) is 348 cm³/mol. The van der Waals surface area contributed by atoms with Gasteiger partial charge in [0.15, 0.2) is 6.10 Å². The average molecular weight is 1120 g/mol. The number of ether oxygens (including phenoxy) is 3. The van der Waals surface area contributed by atoms with Crippen LogP contribution in [0.2, 0.25) is 0 Å². The number of allylic oxidation sites excluding steroid dienone is 10. The summed E-state index contributed by atoms with van der Waals surface area (Å²) < 4.78 is 17.0. The second kappa shape index (κ2) is 68.6. The maximum absolute atomic E-state index is 12.9. The number of hydrogen-bond acceptors (Lipinski definition) is 6. The van der Waals surface area contributed by atoms with Crippen molar-refractivity contribution in [1.29, 1.82) is 0 Å². The maximum Gasteiger partial charge on any atom is 0.306 e. The van der Waals surface area contributed by atoms with Gasteiger partial charge >= 0.3 is 17.9 Å². The number of unbranched alkanes of at least 4 members (excludes halogenated alkanes) is 44. The molecule has 0 aliphatic carbocycles. The number of hydrogen-bond donors (Lipinski definition) is 0. The third kappa shape index (κ3) is 65.9. The SMILES string of the molecule is CC/C=C\C/C=C\C/C=C\C/C=C\CCCCCCCCCCCCCCCCCCCCCCC(=O)OCC(COC(=O)CCCCCCCCCCCCCC)OC(=O)CCCCCCCCC/C=C\CCCCCCCC. The van der Waals surface area contributed by atoms with Gasteiger partial charge in [-0.25, -0.2) is 0 Å². The zero-order valence-electron chi connectivity index (χ0n) is 53.6. The van der Waals surface area contributed by atoms with Crippen molar-refractivity contribution in [3.8, 4) is 0 Å². The predicted octanol–water partition coefficient (Wildman–Crippen LogP) is 24.3. The van der Waals surface area contributed by atoms with Crippen LogP contribution in [0.25, 0.3) is 0 Å². The van der Waals surface area contributed by atoms with Gasteiger partial charge < -0.3 is 14.2 Å². The minimum absolute atomic E-state index is 0.0692. The summed E-state index contributed by atoms with van der Waals surface area (Å²) in [5.74, 6) is -0.849. The van der Waals surface area contributed by atoms with Gasteiger partial charge in [0.2, 0.25) is 0 Å². The lowest BCUT2D eigenvalue weighted by Crippen LogP contribution is -2.30. The molecule has 0 spiro atoms. The highest BCUT2D eigenvalue weighted by atomic mass is 16.6. The third-order valence-electron chi connectivity index (χ3n) is 15.8. The molecule has 0 amide bonds. The van der Waals surface area contributed by atoms with Gasteiger partial charge in [-0.3, -0.25) is 14.4 Å². The Morgan fingerprint density at radius 3 is 0.775 bits per heavy atom. The molecule has 0 aliphatic heterocycles. The van der Waals surface area contributed by atoms with E-state index in [1.165, 1.54) is 250 Å². The summed E-state index contributed by atoms with van der Waals surface area (Å²) in [7, 11) is 0. The first-order valence-corrected chi connectivity index (χ1v) is 35.3. The molecule has 466 valence electrons. The van der Waals surface area contributed by atoms with Gasteiger partial charge in [0, 0.05) is 19.3 Å². The molecule has 0 saturated heterocycles. The summed E-state index contributed by atoms with van der Waals surface area (Å²) in [5, 5.41) is 0. The molecular formula is C74H134O6. The Kier molecular flexibility index (Phi) is 66.1. The maximum atomic E-state index is 12.9. The van der Waals surface area contributed by atoms with E-state index in [-0.39, 0.29) is 31.1 Å². The molecule has 80 heavy (non-hydrogen) atoms. The minimum Gasteiger partial charge on any atom is -0.462 e. The van der Waals surface area contributed by atoms with Crippen molar-refractivity contribution in [2.75, 3.05) is 13.2 Å². The van der Waals surface area contributed by atoms with E-state index in [0.717, 1.165) is 83.5 Å². The highest BCUT2D eigenvalue weighted by Gasteiger charge is 2.19. The second-order valence-corrected chi connectivity index (χ2v) is 23.8. The van der Waals surface area contributed by atoms with E-state index in [1.807, 2.05) is 0 Å². The van der Waals surface area contributed by atoms with E-state index in [0.29, 0.717) is 19.3 Å². The van der Waals surface area contributed by atoms with Crippen LogP contribution in [0, 0.1) is 0 Å². The molecule has 1 atom stereocenters. The molecule has 0 bridgehead atoms. The number of carbonyl (C=O) groups excluding carboxylic acids is 3. The Labute approximate surface area is 498 Å². The van der Waals surface area contributed by atoms with E-state index >= 15 is 0 Å². The summed E-state index contributed by atoms with van der Waals surface area (Å²) in [4.78, 5) is 38.3. The molecule has 0 aromatic heterocycles. The summed E-state index contributed by atoms with van der Waals surface area (Å²) in [6.07, 6.45) is 88.3. The lowest BCUT2D eigenvalue weighted by atomic mass is 10.0. The molecule has 0 aromatic carbocycles. The van der Waals surface area contributed by atoms with Gasteiger partial charge in [0.05, 0.1) is 0 Å². The van der Waals surface area contributed by atoms with Gasteiger partial charge in [-0.2, -0.15) is 0 Å². The Morgan fingerprint density at radius 1 is 0.263 bits per heavy atom. The molecule has 1 unspecified atom stereocenters. The van der Waals surface area contributed by atoms with Gasteiger partial charge in [0.25, 0.3) is 0 Å². The fraction of sp³-hybridized carbons (Fsp3) is 0.824. The number of rotatable bonds is 65. The molecule has 0 N–H and O–H groups in total. The second-order valence-electron chi connectivity index (χ2n) is 23.8. The topological polar surface area (TPSA) is 78.9 Å². The van der Waals surface area contributed by atoms with Crippen molar-refractivity contribution in [3.63, 3.8) is 0 Å². The first kappa shape index (κ1) is 77.1. The smallest absolute Gasteiger partial charge is 0.306 e. The first-order valence-electron chi connectivity index (χ1n) is 35.3. The molecule has 0 heterocycles. The molecule has 0 fully saturated rings. The molecule has 0 aromatic rings. The molecule has 6 heteroatoms. The molecule has 0 saturated carbocycles. The van der Waals surface area contributed by atoms with Gasteiger partial charge in [-0.05, 0) is 83.5 Å². The highest BCUT2D eigenvalue weighted by molar-refractivity contribution is 5.71. The van der Waals surface area contributed by atoms with Crippen molar-refractivity contribution < 1.29 is 28.6 Å². The number of carbonyl (C=O) groups is 3. The van der Waals surface area contributed by atoms with Crippen LogP contribution in [0.5, 0.6) is 0 Å². The summed E-state index contributed by atoms with van der Waals surface area (Å²) in [6, 6.07) is 0. The zero-order valence-corrected chi connectivity index (χ0v) is 53.6. The molecule has 0 rings (SSSR count). The monoisotopic (exact) mass is 1120 g/mol. The lowest BCUT2D eigenvalue weighted by Gasteiger charge is -2.18. The van der Waals surface area contributed by atoms with E-state index in [2.05, 4.69) is 81.5 Å². The van der Waals surface area contributed by atoms with E-state index in [1.54, 1.807) is 0 Å². The Bertz CT molecular complexity index is 1430. The average Bonchev–Trinajstić information content (AvgIpc) is 3.46. The quantitative estimate of drug-likeness (QED) is 0.0261. The van der Waals surface area contributed by atoms with Crippen molar-refractivity contribution >= 4 is 17.9 Å². The van der Waals surface area contributed by atoms with Crippen LogP contribution in [0.3, 0.4) is 0 Å². The molecular weight excluding hydrogens is 985 g/mol. The normalized spacial score (nSPS) is 12.4. The van der Waals surface area contributed by atoms with Crippen molar-refractivity contribution in [1.82, 2.24) is 0 Å². The molecule has 0 aliphatic rings. The van der Waals surface area contributed by atoms with Crippen LogP contribution in [-0.2, 0) is 28.6 Å². The van der Waals surface area contributed by atoms with Crippen LogP contribution in [0.4, 0.5) is 0 Å².